The minimum absolute atomic E-state index is 0.253. The molecule has 0 saturated heterocycles. The minimum atomic E-state index is 0.253. The van der Waals surface area contributed by atoms with Gasteiger partial charge in [0.15, 0.2) is 0 Å². The molecular formula is C13H14ClN3O. The summed E-state index contributed by atoms with van der Waals surface area (Å²) in [5, 5.41) is 3.46. The summed E-state index contributed by atoms with van der Waals surface area (Å²) >= 11 is 5.80. The number of rotatable bonds is 4. The molecule has 94 valence electrons. The quantitative estimate of drug-likeness (QED) is 0.862. The summed E-state index contributed by atoms with van der Waals surface area (Å²) in [7, 11) is 1.65. The predicted molar refractivity (Wildman–Crippen MR) is 72.1 cm³/mol. The van der Waals surface area contributed by atoms with E-state index in [4.69, 9.17) is 16.3 Å². The van der Waals surface area contributed by atoms with Crippen molar-refractivity contribution in [1.82, 2.24) is 9.97 Å². The Hall–Kier alpha value is -1.81. The van der Waals surface area contributed by atoms with Crippen molar-refractivity contribution in [3.63, 3.8) is 0 Å². The highest BCUT2D eigenvalue weighted by Gasteiger charge is 2.00. The van der Waals surface area contributed by atoms with Crippen molar-refractivity contribution in [3.8, 4) is 5.75 Å². The Bertz CT molecular complexity index is 525. The normalized spacial score (nSPS) is 10.2. The van der Waals surface area contributed by atoms with Gasteiger partial charge in [-0.1, -0.05) is 12.1 Å². The number of benzene rings is 1. The summed E-state index contributed by atoms with van der Waals surface area (Å²) in [6.45, 7) is 2.54. The van der Waals surface area contributed by atoms with Gasteiger partial charge in [-0.25, -0.2) is 9.97 Å². The molecule has 0 atom stereocenters. The van der Waals surface area contributed by atoms with E-state index in [1.165, 1.54) is 0 Å². The topological polar surface area (TPSA) is 47.0 Å². The second kappa shape index (κ2) is 5.69. The van der Waals surface area contributed by atoms with E-state index < -0.39 is 0 Å². The van der Waals surface area contributed by atoms with Gasteiger partial charge in [0, 0.05) is 18.3 Å². The molecular weight excluding hydrogens is 250 g/mol. The first-order valence-corrected chi connectivity index (χ1v) is 5.93. The van der Waals surface area contributed by atoms with E-state index in [1.807, 2.05) is 37.3 Å². The molecule has 0 aliphatic carbocycles. The van der Waals surface area contributed by atoms with E-state index in [-0.39, 0.29) is 5.28 Å². The molecule has 0 unspecified atom stereocenters. The van der Waals surface area contributed by atoms with E-state index in [1.54, 1.807) is 7.11 Å². The zero-order chi connectivity index (χ0) is 13.0. The molecule has 1 aromatic carbocycles. The minimum Gasteiger partial charge on any atom is -0.497 e. The molecule has 0 spiro atoms. The smallest absolute Gasteiger partial charge is 0.224 e. The van der Waals surface area contributed by atoms with Crippen LogP contribution in [0, 0.1) is 6.92 Å². The van der Waals surface area contributed by atoms with Gasteiger partial charge < -0.3 is 10.1 Å². The van der Waals surface area contributed by atoms with Crippen LogP contribution < -0.4 is 10.1 Å². The Morgan fingerprint density at radius 1 is 1.28 bits per heavy atom. The lowest BCUT2D eigenvalue weighted by atomic mass is 10.2. The standard InChI is InChI=1S/C13H14ClN3O/c1-9-6-12(17-13(14)16-9)15-8-10-4-3-5-11(7-10)18-2/h3-7H,8H2,1-2H3,(H,15,16,17). The van der Waals surface area contributed by atoms with E-state index in [0.717, 1.165) is 22.8 Å². The summed E-state index contributed by atoms with van der Waals surface area (Å²) in [5.41, 5.74) is 1.95. The predicted octanol–water partition coefficient (Wildman–Crippen LogP) is 3.06. The summed E-state index contributed by atoms with van der Waals surface area (Å²) < 4.78 is 5.17. The Labute approximate surface area is 111 Å². The average Bonchev–Trinajstić information content (AvgIpc) is 2.35. The molecule has 0 amide bonds. The van der Waals surface area contributed by atoms with Gasteiger partial charge in [-0.3, -0.25) is 0 Å². The lowest BCUT2D eigenvalue weighted by Gasteiger charge is -2.08. The highest BCUT2D eigenvalue weighted by Crippen LogP contribution is 2.15. The molecule has 1 aromatic heterocycles. The third-order valence-electron chi connectivity index (χ3n) is 2.43. The maximum absolute atomic E-state index is 5.80. The third kappa shape index (κ3) is 3.34. The molecule has 0 aliphatic rings. The van der Waals surface area contributed by atoms with Crippen LogP contribution in [0.25, 0.3) is 0 Å². The van der Waals surface area contributed by atoms with Crippen molar-refractivity contribution in [2.45, 2.75) is 13.5 Å². The number of halogens is 1. The first kappa shape index (κ1) is 12.6. The summed E-state index contributed by atoms with van der Waals surface area (Å²) in [6.07, 6.45) is 0. The highest BCUT2D eigenvalue weighted by molar-refractivity contribution is 6.28. The van der Waals surface area contributed by atoms with Crippen LogP contribution in [0.5, 0.6) is 5.75 Å². The lowest BCUT2D eigenvalue weighted by molar-refractivity contribution is 0.414. The molecule has 1 heterocycles. The number of hydrogen-bond donors (Lipinski definition) is 1. The molecule has 0 bridgehead atoms. The van der Waals surface area contributed by atoms with Crippen molar-refractivity contribution >= 4 is 17.4 Å². The van der Waals surface area contributed by atoms with E-state index in [2.05, 4.69) is 15.3 Å². The van der Waals surface area contributed by atoms with Crippen LogP contribution in [0.2, 0.25) is 5.28 Å². The number of nitrogens with zero attached hydrogens (tertiary/aromatic N) is 2. The van der Waals surface area contributed by atoms with E-state index in [0.29, 0.717) is 6.54 Å². The van der Waals surface area contributed by atoms with Crippen LogP contribution in [-0.4, -0.2) is 17.1 Å². The van der Waals surface area contributed by atoms with Crippen LogP contribution in [0.3, 0.4) is 0 Å². The fraction of sp³-hybridized carbons (Fsp3) is 0.231. The van der Waals surface area contributed by atoms with Gasteiger partial charge in [0.05, 0.1) is 7.11 Å². The SMILES string of the molecule is COc1cccc(CNc2cc(C)nc(Cl)n2)c1. The third-order valence-corrected chi connectivity index (χ3v) is 2.60. The van der Waals surface area contributed by atoms with Gasteiger partial charge in [0.2, 0.25) is 5.28 Å². The van der Waals surface area contributed by atoms with Gasteiger partial charge in [0.1, 0.15) is 11.6 Å². The molecule has 5 heteroatoms. The number of methoxy groups -OCH3 is 1. The van der Waals surface area contributed by atoms with Gasteiger partial charge >= 0.3 is 0 Å². The zero-order valence-corrected chi connectivity index (χ0v) is 11.0. The van der Waals surface area contributed by atoms with E-state index in [9.17, 15) is 0 Å². The van der Waals surface area contributed by atoms with Crippen LogP contribution >= 0.6 is 11.6 Å². The Morgan fingerprint density at radius 3 is 2.83 bits per heavy atom. The molecule has 2 rings (SSSR count). The number of anilines is 1. The van der Waals surface area contributed by atoms with Crippen molar-refractivity contribution < 1.29 is 4.74 Å². The van der Waals surface area contributed by atoms with Crippen molar-refractivity contribution in [3.05, 3.63) is 46.9 Å². The summed E-state index contributed by atoms with van der Waals surface area (Å²) in [5.74, 6) is 1.56. The highest BCUT2D eigenvalue weighted by atomic mass is 35.5. The number of hydrogen-bond acceptors (Lipinski definition) is 4. The Balaban J connectivity index is 2.06. The van der Waals surface area contributed by atoms with Crippen molar-refractivity contribution in [1.29, 1.82) is 0 Å². The fourth-order valence-electron chi connectivity index (χ4n) is 1.60. The molecule has 0 aliphatic heterocycles. The molecule has 18 heavy (non-hydrogen) atoms. The second-order valence-corrected chi connectivity index (χ2v) is 4.21. The monoisotopic (exact) mass is 263 g/mol. The van der Waals surface area contributed by atoms with Crippen LogP contribution in [0.1, 0.15) is 11.3 Å². The number of aromatic nitrogens is 2. The molecule has 0 radical (unpaired) electrons. The first-order chi connectivity index (χ1) is 8.67. The zero-order valence-electron chi connectivity index (χ0n) is 10.3. The molecule has 0 fully saturated rings. The summed E-state index contributed by atoms with van der Waals surface area (Å²) in [4.78, 5) is 8.11. The van der Waals surface area contributed by atoms with Crippen LogP contribution in [0.15, 0.2) is 30.3 Å². The summed E-state index contributed by atoms with van der Waals surface area (Å²) in [6, 6.07) is 9.71. The average molecular weight is 264 g/mol. The molecule has 0 saturated carbocycles. The van der Waals surface area contributed by atoms with Crippen molar-refractivity contribution in [2.24, 2.45) is 0 Å². The van der Waals surface area contributed by atoms with Crippen LogP contribution in [0.4, 0.5) is 5.82 Å². The maximum atomic E-state index is 5.80. The van der Waals surface area contributed by atoms with E-state index >= 15 is 0 Å². The fourth-order valence-corrected chi connectivity index (χ4v) is 1.82. The second-order valence-electron chi connectivity index (χ2n) is 3.87. The molecule has 4 nitrogen and oxygen atoms in total. The van der Waals surface area contributed by atoms with Crippen molar-refractivity contribution in [2.75, 3.05) is 12.4 Å². The van der Waals surface area contributed by atoms with Crippen LogP contribution in [-0.2, 0) is 6.54 Å². The molecule has 1 N–H and O–H groups in total. The van der Waals surface area contributed by atoms with Gasteiger partial charge in [-0.2, -0.15) is 0 Å². The molecule has 2 aromatic rings. The Morgan fingerprint density at radius 2 is 2.11 bits per heavy atom. The maximum Gasteiger partial charge on any atom is 0.224 e. The van der Waals surface area contributed by atoms with Gasteiger partial charge in [-0.05, 0) is 36.2 Å². The lowest BCUT2D eigenvalue weighted by Crippen LogP contribution is -2.03. The number of ether oxygens (including phenoxy) is 1. The van der Waals surface area contributed by atoms with Gasteiger partial charge in [-0.15, -0.1) is 0 Å². The Kier molecular flexibility index (Phi) is 3.99. The number of nitrogens with one attached hydrogen (secondary N) is 1. The number of aryl methyl sites for hydroxylation is 1. The van der Waals surface area contributed by atoms with Gasteiger partial charge in [0.25, 0.3) is 0 Å². The largest absolute Gasteiger partial charge is 0.497 e. The first-order valence-electron chi connectivity index (χ1n) is 5.55.